The molecule has 0 aliphatic rings. The Morgan fingerprint density at radius 3 is 2.00 bits per heavy atom. The van der Waals surface area contributed by atoms with E-state index in [4.69, 9.17) is 21.1 Å². The number of carbonyl (C=O) groups excluding carboxylic acids is 1. The van der Waals surface area contributed by atoms with E-state index in [1.165, 1.54) is 0 Å². The number of halogens is 1. The summed E-state index contributed by atoms with van der Waals surface area (Å²) in [4.78, 5) is 11.2. The number of hydrogen-bond donors (Lipinski definition) is 0. The maximum absolute atomic E-state index is 11.2. The molecule has 118 valence electrons. The summed E-state index contributed by atoms with van der Waals surface area (Å²) in [5.74, 6) is 1.30. The number of benzene rings is 2. The predicted octanol–water partition coefficient (Wildman–Crippen LogP) is 4.01. The molecule has 0 atom stereocenters. The number of hydrogen-bond acceptors (Lipinski definition) is 4. The Labute approximate surface area is 135 Å². The van der Waals surface area contributed by atoms with Crippen LogP contribution in [0.1, 0.15) is 10.4 Å². The average Bonchev–Trinajstić information content (AvgIpc) is 2.55. The standard InChI is InChI=1S/C15H13ClO3.C2H6O/c1-18-13-7-6-11(9-14(13)19-2)10-4-3-5-12(8-10)15(16)17;1-3-2/h3-9H,1-2H3;1-2H3. The lowest BCUT2D eigenvalue weighted by molar-refractivity contribution is 0.108. The molecule has 2 aromatic rings. The van der Waals surface area contributed by atoms with Crippen LogP contribution in [0.5, 0.6) is 11.5 Å². The third-order valence-corrected chi connectivity index (χ3v) is 3.02. The zero-order chi connectivity index (χ0) is 16.5. The fourth-order valence-corrected chi connectivity index (χ4v) is 1.95. The van der Waals surface area contributed by atoms with E-state index in [1.807, 2.05) is 24.3 Å². The molecule has 0 aromatic heterocycles. The maximum atomic E-state index is 11.2. The summed E-state index contributed by atoms with van der Waals surface area (Å²) in [6.45, 7) is 0. The van der Waals surface area contributed by atoms with Gasteiger partial charge in [0.2, 0.25) is 0 Å². The van der Waals surface area contributed by atoms with Crippen molar-refractivity contribution in [1.82, 2.24) is 0 Å². The summed E-state index contributed by atoms with van der Waals surface area (Å²) in [5.41, 5.74) is 2.29. The lowest BCUT2D eigenvalue weighted by Crippen LogP contribution is -1.92. The summed E-state index contributed by atoms with van der Waals surface area (Å²) in [6, 6.07) is 12.7. The van der Waals surface area contributed by atoms with Crippen molar-refractivity contribution in [3.63, 3.8) is 0 Å². The van der Waals surface area contributed by atoms with Gasteiger partial charge in [-0.3, -0.25) is 4.79 Å². The molecule has 0 spiro atoms. The van der Waals surface area contributed by atoms with Gasteiger partial charge in [0.05, 0.1) is 14.2 Å². The fraction of sp³-hybridized carbons (Fsp3) is 0.235. The van der Waals surface area contributed by atoms with Gasteiger partial charge in [-0.05, 0) is 40.9 Å². The first kappa shape index (κ1) is 18.0. The molecule has 0 saturated carbocycles. The SMILES string of the molecule is COC.COc1ccc(-c2cccc(C(=O)Cl)c2)cc1OC. The molecule has 4 nitrogen and oxygen atoms in total. The van der Waals surface area contributed by atoms with E-state index in [2.05, 4.69) is 4.74 Å². The van der Waals surface area contributed by atoms with Crippen molar-refractivity contribution < 1.29 is 19.0 Å². The molecule has 0 fully saturated rings. The van der Waals surface area contributed by atoms with E-state index in [9.17, 15) is 4.79 Å². The third-order valence-electron chi connectivity index (χ3n) is 2.81. The van der Waals surface area contributed by atoms with Crippen molar-refractivity contribution in [2.45, 2.75) is 0 Å². The van der Waals surface area contributed by atoms with E-state index < -0.39 is 5.24 Å². The van der Waals surface area contributed by atoms with Crippen LogP contribution in [-0.2, 0) is 4.74 Å². The van der Waals surface area contributed by atoms with Gasteiger partial charge in [0.15, 0.2) is 11.5 Å². The molecule has 0 N–H and O–H groups in total. The van der Waals surface area contributed by atoms with Gasteiger partial charge < -0.3 is 14.2 Å². The van der Waals surface area contributed by atoms with Gasteiger partial charge in [-0.2, -0.15) is 0 Å². The van der Waals surface area contributed by atoms with Crippen molar-refractivity contribution in [3.8, 4) is 22.6 Å². The van der Waals surface area contributed by atoms with Crippen molar-refractivity contribution in [1.29, 1.82) is 0 Å². The highest BCUT2D eigenvalue weighted by molar-refractivity contribution is 6.67. The largest absolute Gasteiger partial charge is 0.493 e. The molecule has 22 heavy (non-hydrogen) atoms. The number of ether oxygens (including phenoxy) is 3. The number of rotatable bonds is 4. The lowest BCUT2D eigenvalue weighted by atomic mass is 10.0. The van der Waals surface area contributed by atoms with Gasteiger partial charge in [-0.1, -0.05) is 24.3 Å². The molecular formula is C17H19ClO4. The summed E-state index contributed by atoms with van der Waals surface area (Å²) in [5, 5.41) is -0.470. The molecule has 2 aromatic carbocycles. The van der Waals surface area contributed by atoms with Crippen molar-refractivity contribution in [2.75, 3.05) is 28.4 Å². The van der Waals surface area contributed by atoms with Crippen LogP contribution in [0.4, 0.5) is 0 Å². The summed E-state index contributed by atoms with van der Waals surface area (Å²) >= 11 is 5.49. The fourth-order valence-electron chi connectivity index (χ4n) is 1.84. The molecule has 0 radical (unpaired) electrons. The first-order valence-electron chi connectivity index (χ1n) is 6.49. The van der Waals surface area contributed by atoms with Gasteiger partial charge in [-0.15, -0.1) is 0 Å². The van der Waals surface area contributed by atoms with Crippen molar-refractivity contribution >= 4 is 16.8 Å². The second-order valence-electron chi connectivity index (χ2n) is 4.33. The molecule has 0 aliphatic heterocycles. The van der Waals surface area contributed by atoms with Crippen LogP contribution in [0.15, 0.2) is 42.5 Å². The van der Waals surface area contributed by atoms with Crippen molar-refractivity contribution in [3.05, 3.63) is 48.0 Å². The Morgan fingerprint density at radius 1 is 0.864 bits per heavy atom. The van der Waals surface area contributed by atoms with E-state index in [-0.39, 0.29) is 0 Å². The smallest absolute Gasteiger partial charge is 0.252 e. The van der Waals surface area contributed by atoms with Gasteiger partial charge in [0, 0.05) is 19.8 Å². The monoisotopic (exact) mass is 322 g/mol. The minimum absolute atomic E-state index is 0.467. The highest BCUT2D eigenvalue weighted by Crippen LogP contribution is 2.32. The highest BCUT2D eigenvalue weighted by atomic mass is 35.5. The Bertz CT molecular complexity index is 626. The second kappa shape index (κ2) is 9.07. The third kappa shape index (κ3) is 4.76. The molecule has 5 heteroatoms. The van der Waals surface area contributed by atoms with Crippen LogP contribution < -0.4 is 9.47 Å². The average molecular weight is 323 g/mol. The molecule has 0 unspecified atom stereocenters. The molecule has 0 bridgehead atoms. The Balaban J connectivity index is 0.000000745. The summed E-state index contributed by atoms with van der Waals surface area (Å²) < 4.78 is 14.7. The normalized spacial score (nSPS) is 9.50. The topological polar surface area (TPSA) is 44.8 Å². The van der Waals surface area contributed by atoms with Gasteiger partial charge in [0.25, 0.3) is 5.24 Å². The van der Waals surface area contributed by atoms with Crippen LogP contribution in [0.2, 0.25) is 0 Å². The summed E-state index contributed by atoms with van der Waals surface area (Å²) in [7, 11) is 6.42. The predicted molar refractivity (Wildman–Crippen MR) is 88.1 cm³/mol. The van der Waals surface area contributed by atoms with E-state index in [1.54, 1.807) is 46.6 Å². The van der Waals surface area contributed by atoms with Gasteiger partial charge in [0.1, 0.15) is 0 Å². The molecule has 0 saturated heterocycles. The first-order valence-corrected chi connectivity index (χ1v) is 6.87. The minimum atomic E-state index is -0.470. The maximum Gasteiger partial charge on any atom is 0.252 e. The minimum Gasteiger partial charge on any atom is -0.493 e. The highest BCUT2D eigenvalue weighted by Gasteiger charge is 2.08. The Morgan fingerprint density at radius 2 is 1.45 bits per heavy atom. The zero-order valence-electron chi connectivity index (χ0n) is 13.1. The second-order valence-corrected chi connectivity index (χ2v) is 4.68. The van der Waals surface area contributed by atoms with E-state index >= 15 is 0 Å². The Hall–Kier alpha value is -2.04. The number of carbonyl (C=O) groups is 1. The van der Waals surface area contributed by atoms with E-state index in [0.29, 0.717) is 17.1 Å². The van der Waals surface area contributed by atoms with Crippen LogP contribution >= 0.6 is 11.6 Å². The molecule has 0 aliphatic carbocycles. The van der Waals surface area contributed by atoms with Gasteiger partial charge in [-0.25, -0.2) is 0 Å². The molecule has 0 heterocycles. The molecule has 0 amide bonds. The Kier molecular flexibility index (Phi) is 7.43. The first-order chi connectivity index (χ1) is 10.6. The number of methoxy groups -OCH3 is 3. The van der Waals surface area contributed by atoms with Gasteiger partial charge >= 0.3 is 0 Å². The van der Waals surface area contributed by atoms with Crippen molar-refractivity contribution in [2.24, 2.45) is 0 Å². The van der Waals surface area contributed by atoms with Crippen LogP contribution in [0.25, 0.3) is 11.1 Å². The molecule has 2 rings (SSSR count). The zero-order valence-corrected chi connectivity index (χ0v) is 13.8. The molecular weight excluding hydrogens is 304 g/mol. The summed E-state index contributed by atoms with van der Waals surface area (Å²) in [6.07, 6.45) is 0. The van der Waals surface area contributed by atoms with Crippen LogP contribution in [0.3, 0.4) is 0 Å². The quantitative estimate of drug-likeness (QED) is 0.798. The lowest BCUT2D eigenvalue weighted by Gasteiger charge is -2.10. The van der Waals surface area contributed by atoms with E-state index in [0.717, 1.165) is 11.1 Å². The van der Waals surface area contributed by atoms with Crippen LogP contribution in [0, 0.1) is 0 Å². The van der Waals surface area contributed by atoms with Crippen LogP contribution in [-0.4, -0.2) is 33.7 Å².